The van der Waals surface area contributed by atoms with Crippen LogP contribution in [-0.4, -0.2) is 19.8 Å². The monoisotopic (exact) mass is 319 g/mol. The smallest absolute Gasteiger partial charge is 0.0639 e. The first kappa shape index (κ1) is 12.8. The molecule has 84 valence electrons. The predicted octanol–water partition coefficient (Wildman–Crippen LogP) is 3.52. The van der Waals surface area contributed by atoms with Gasteiger partial charge in [-0.1, -0.05) is 13.3 Å². The Balaban J connectivity index is 2.07. The fraction of sp³-hybridized carbons (Fsp3) is 0.500. The van der Waals surface area contributed by atoms with E-state index in [1.807, 2.05) is 0 Å². The summed E-state index contributed by atoms with van der Waals surface area (Å²) < 4.78 is 6.72. The van der Waals surface area contributed by atoms with Crippen molar-refractivity contribution in [2.75, 3.05) is 25.1 Å². The molecular weight excluding hydrogens is 301 g/mol. The van der Waals surface area contributed by atoms with Crippen molar-refractivity contribution in [1.82, 2.24) is 0 Å². The Kier molecular flexibility index (Phi) is 6.76. The van der Waals surface area contributed by atoms with Crippen molar-refractivity contribution in [2.45, 2.75) is 19.8 Å². The molecule has 0 heterocycles. The first-order valence-corrected chi connectivity index (χ1v) is 6.48. The third-order valence-corrected chi connectivity index (χ3v) is 2.78. The normalized spacial score (nSPS) is 10.3. The van der Waals surface area contributed by atoms with Crippen LogP contribution in [0.15, 0.2) is 24.3 Å². The topological polar surface area (TPSA) is 21.3 Å². The fourth-order valence-corrected chi connectivity index (χ4v) is 1.54. The third-order valence-electron chi connectivity index (χ3n) is 2.06. The summed E-state index contributed by atoms with van der Waals surface area (Å²) in [5.41, 5.74) is 1.16. The van der Waals surface area contributed by atoms with Gasteiger partial charge in [-0.2, -0.15) is 0 Å². The minimum atomic E-state index is 0.784. The lowest BCUT2D eigenvalue weighted by molar-refractivity contribution is 0.141. The van der Waals surface area contributed by atoms with Crippen molar-refractivity contribution < 1.29 is 4.74 Å². The lowest BCUT2D eigenvalue weighted by Gasteiger charge is -2.06. The molecule has 0 aliphatic carbocycles. The van der Waals surface area contributed by atoms with Crippen LogP contribution >= 0.6 is 22.6 Å². The maximum absolute atomic E-state index is 5.46. The summed E-state index contributed by atoms with van der Waals surface area (Å²) in [4.78, 5) is 0. The summed E-state index contributed by atoms with van der Waals surface area (Å²) >= 11 is 2.30. The Bertz CT molecular complexity index is 261. The van der Waals surface area contributed by atoms with Crippen LogP contribution in [0.25, 0.3) is 0 Å². The Morgan fingerprint density at radius 2 is 1.93 bits per heavy atom. The van der Waals surface area contributed by atoms with Gasteiger partial charge in [-0.05, 0) is 53.3 Å². The zero-order chi connectivity index (χ0) is 10.9. The number of ether oxygens (including phenoxy) is 1. The molecule has 0 saturated heterocycles. The maximum atomic E-state index is 5.46. The summed E-state index contributed by atoms with van der Waals surface area (Å²) in [5, 5.41) is 3.32. The Morgan fingerprint density at radius 3 is 2.60 bits per heavy atom. The SMILES string of the molecule is CCCCOCCNc1ccc(I)cc1. The van der Waals surface area contributed by atoms with Gasteiger partial charge in [0.2, 0.25) is 0 Å². The van der Waals surface area contributed by atoms with Gasteiger partial charge in [0.15, 0.2) is 0 Å². The molecule has 1 rings (SSSR count). The molecule has 0 bridgehead atoms. The molecular formula is C12H18INO. The number of nitrogens with one attached hydrogen (secondary N) is 1. The molecule has 1 aromatic rings. The Hall–Kier alpha value is -0.290. The zero-order valence-corrected chi connectivity index (χ0v) is 11.3. The van der Waals surface area contributed by atoms with E-state index in [0.717, 1.165) is 31.9 Å². The van der Waals surface area contributed by atoms with E-state index < -0.39 is 0 Å². The van der Waals surface area contributed by atoms with Gasteiger partial charge in [0.05, 0.1) is 6.61 Å². The highest BCUT2D eigenvalue weighted by Gasteiger charge is 1.91. The quantitative estimate of drug-likeness (QED) is 0.613. The average molecular weight is 319 g/mol. The van der Waals surface area contributed by atoms with E-state index in [2.05, 4.69) is 59.1 Å². The molecule has 0 unspecified atom stereocenters. The van der Waals surface area contributed by atoms with Crippen LogP contribution in [0, 0.1) is 3.57 Å². The number of hydrogen-bond acceptors (Lipinski definition) is 2. The van der Waals surface area contributed by atoms with Gasteiger partial charge in [0.1, 0.15) is 0 Å². The molecule has 15 heavy (non-hydrogen) atoms. The van der Waals surface area contributed by atoms with Crippen molar-refractivity contribution >= 4 is 28.3 Å². The van der Waals surface area contributed by atoms with Gasteiger partial charge in [0, 0.05) is 22.4 Å². The molecule has 1 aromatic carbocycles. The van der Waals surface area contributed by atoms with E-state index in [9.17, 15) is 0 Å². The minimum Gasteiger partial charge on any atom is -0.383 e. The lowest BCUT2D eigenvalue weighted by atomic mass is 10.3. The van der Waals surface area contributed by atoms with Crippen LogP contribution in [0.4, 0.5) is 5.69 Å². The molecule has 0 amide bonds. The predicted molar refractivity (Wildman–Crippen MR) is 73.4 cm³/mol. The van der Waals surface area contributed by atoms with Gasteiger partial charge in [-0.15, -0.1) is 0 Å². The van der Waals surface area contributed by atoms with Gasteiger partial charge in [-0.3, -0.25) is 0 Å². The molecule has 0 spiro atoms. The van der Waals surface area contributed by atoms with Crippen molar-refractivity contribution in [3.8, 4) is 0 Å². The number of benzene rings is 1. The van der Waals surface area contributed by atoms with Crippen molar-refractivity contribution in [2.24, 2.45) is 0 Å². The van der Waals surface area contributed by atoms with Crippen LogP contribution in [0.2, 0.25) is 0 Å². The number of anilines is 1. The molecule has 0 radical (unpaired) electrons. The lowest BCUT2D eigenvalue weighted by Crippen LogP contribution is -2.09. The Morgan fingerprint density at radius 1 is 1.20 bits per heavy atom. The second-order valence-electron chi connectivity index (χ2n) is 3.40. The van der Waals surface area contributed by atoms with Crippen molar-refractivity contribution in [3.05, 3.63) is 27.8 Å². The summed E-state index contributed by atoms with van der Waals surface area (Å²) in [6.07, 6.45) is 2.36. The summed E-state index contributed by atoms with van der Waals surface area (Å²) in [6, 6.07) is 8.38. The summed E-state index contributed by atoms with van der Waals surface area (Å²) in [5.74, 6) is 0. The fourth-order valence-electron chi connectivity index (χ4n) is 1.18. The van der Waals surface area contributed by atoms with Gasteiger partial charge in [0.25, 0.3) is 0 Å². The highest BCUT2D eigenvalue weighted by Crippen LogP contribution is 2.10. The molecule has 0 fully saturated rings. The molecule has 0 atom stereocenters. The summed E-state index contributed by atoms with van der Waals surface area (Å²) in [7, 11) is 0. The third kappa shape index (κ3) is 5.99. The van der Waals surface area contributed by atoms with Crippen LogP contribution < -0.4 is 5.32 Å². The largest absolute Gasteiger partial charge is 0.383 e. The van der Waals surface area contributed by atoms with Crippen molar-refractivity contribution in [3.63, 3.8) is 0 Å². The maximum Gasteiger partial charge on any atom is 0.0639 e. The average Bonchev–Trinajstić information content (AvgIpc) is 2.26. The molecule has 0 aliphatic heterocycles. The van der Waals surface area contributed by atoms with E-state index in [0.29, 0.717) is 0 Å². The molecule has 0 aliphatic rings. The van der Waals surface area contributed by atoms with Crippen molar-refractivity contribution in [1.29, 1.82) is 0 Å². The van der Waals surface area contributed by atoms with Gasteiger partial charge < -0.3 is 10.1 Å². The molecule has 0 saturated carbocycles. The second kappa shape index (κ2) is 7.93. The standard InChI is InChI=1S/C12H18INO/c1-2-3-9-15-10-8-14-12-6-4-11(13)5-7-12/h4-7,14H,2-3,8-10H2,1H3. The van der Waals surface area contributed by atoms with Crippen LogP contribution in [0.3, 0.4) is 0 Å². The highest BCUT2D eigenvalue weighted by atomic mass is 127. The highest BCUT2D eigenvalue weighted by molar-refractivity contribution is 14.1. The molecule has 1 N–H and O–H groups in total. The first-order valence-electron chi connectivity index (χ1n) is 5.40. The van der Waals surface area contributed by atoms with Gasteiger partial charge in [-0.25, -0.2) is 0 Å². The number of unbranched alkanes of at least 4 members (excludes halogenated alkanes) is 1. The first-order chi connectivity index (χ1) is 7.33. The van der Waals surface area contributed by atoms with Crippen LogP contribution in [-0.2, 0) is 4.74 Å². The van der Waals surface area contributed by atoms with Crippen LogP contribution in [0.1, 0.15) is 19.8 Å². The summed E-state index contributed by atoms with van der Waals surface area (Å²) in [6.45, 7) is 4.72. The molecule has 0 aromatic heterocycles. The van der Waals surface area contributed by atoms with E-state index in [4.69, 9.17) is 4.74 Å². The van der Waals surface area contributed by atoms with E-state index in [-0.39, 0.29) is 0 Å². The van der Waals surface area contributed by atoms with Gasteiger partial charge >= 0.3 is 0 Å². The number of halogens is 1. The number of rotatable bonds is 7. The van der Waals surface area contributed by atoms with E-state index in [1.165, 1.54) is 9.99 Å². The zero-order valence-electron chi connectivity index (χ0n) is 9.13. The molecule has 2 nitrogen and oxygen atoms in total. The van der Waals surface area contributed by atoms with Crippen LogP contribution in [0.5, 0.6) is 0 Å². The minimum absolute atomic E-state index is 0.784. The number of hydrogen-bond donors (Lipinski definition) is 1. The molecule has 3 heteroatoms. The second-order valence-corrected chi connectivity index (χ2v) is 4.65. The van der Waals surface area contributed by atoms with E-state index in [1.54, 1.807) is 0 Å². The van der Waals surface area contributed by atoms with E-state index >= 15 is 0 Å². The Labute approximate surface area is 106 Å².